The van der Waals surface area contributed by atoms with Gasteiger partial charge in [0.2, 0.25) is 5.91 Å². The summed E-state index contributed by atoms with van der Waals surface area (Å²) in [5.74, 6) is -0.139. The third-order valence-corrected chi connectivity index (χ3v) is 6.14. The van der Waals surface area contributed by atoms with Gasteiger partial charge in [0.05, 0.1) is 11.0 Å². The average molecular weight is 447 g/mol. The minimum atomic E-state index is -0.728. The van der Waals surface area contributed by atoms with Crippen LogP contribution >= 0.6 is 0 Å². The molecule has 0 bridgehead atoms. The second-order valence-corrected chi connectivity index (χ2v) is 8.47. The summed E-state index contributed by atoms with van der Waals surface area (Å²) < 4.78 is 13.3. The van der Waals surface area contributed by atoms with Crippen molar-refractivity contribution in [1.29, 1.82) is 0 Å². The van der Waals surface area contributed by atoms with Gasteiger partial charge < -0.3 is 16.0 Å². The minimum Gasteiger partial charge on any atom is -0.384 e. The number of carbonyl (C=O) groups is 2. The zero-order valence-corrected chi connectivity index (χ0v) is 18.6. The number of anilines is 1. The Balaban J connectivity index is 1.59. The molecule has 2 amide bonds. The van der Waals surface area contributed by atoms with Crippen molar-refractivity contribution in [2.45, 2.75) is 19.8 Å². The number of amides is 2. The molecule has 1 atom stereocenters. The van der Waals surface area contributed by atoms with Gasteiger partial charge in [-0.15, -0.1) is 0 Å². The Kier molecular flexibility index (Phi) is 6.40. The number of rotatable bonds is 6. The number of hydrogen-bond donors (Lipinski definition) is 2. The molecular weight excluding hydrogens is 419 g/mol. The normalized spacial score (nSPS) is 17.7. The maximum atomic E-state index is 13.3. The van der Waals surface area contributed by atoms with Crippen LogP contribution in [0.1, 0.15) is 29.3 Å². The van der Waals surface area contributed by atoms with E-state index in [9.17, 15) is 14.0 Å². The molecule has 2 aromatic carbocycles. The Labute approximate surface area is 192 Å². The highest BCUT2D eigenvalue weighted by Crippen LogP contribution is 2.36. The molecule has 1 fully saturated rings. The molecule has 6 nitrogen and oxygen atoms in total. The maximum Gasteiger partial charge on any atom is 0.255 e. The van der Waals surface area contributed by atoms with Gasteiger partial charge in [-0.3, -0.25) is 9.59 Å². The summed E-state index contributed by atoms with van der Waals surface area (Å²) in [4.78, 5) is 31.9. The van der Waals surface area contributed by atoms with E-state index in [1.807, 2.05) is 31.2 Å². The van der Waals surface area contributed by atoms with Crippen LogP contribution in [0.3, 0.4) is 0 Å². The number of likely N-dealkylation sites (tertiary alicyclic amines) is 1. The highest BCUT2D eigenvalue weighted by Gasteiger charge is 2.46. The van der Waals surface area contributed by atoms with Gasteiger partial charge in [-0.2, -0.15) is 0 Å². The molecule has 0 aliphatic carbocycles. The van der Waals surface area contributed by atoms with Gasteiger partial charge in [-0.25, -0.2) is 9.37 Å². The van der Waals surface area contributed by atoms with Crippen molar-refractivity contribution >= 4 is 17.6 Å². The molecule has 33 heavy (non-hydrogen) atoms. The molecule has 7 heteroatoms. The first-order valence-electron chi connectivity index (χ1n) is 11.0. The maximum absolute atomic E-state index is 13.3. The first kappa shape index (κ1) is 22.5. The van der Waals surface area contributed by atoms with Crippen LogP contribution in [0.25, 0.3) is 11.1 Å². The van der Waals surface area contributed by atoms with E-state index in [4.69, 9.17) is 5.73 Å². The molecule has 2 heterocycles. The molecule has 0 saturated carbocycles. The van der Waals surface area contributed by atoms with Crippen LogP contribution in [0.5, 0.6) is 0 Å². The summed E-state index contributed by atoms with van der Waals surface area (Å²) in [5.41, 5.74) is 8.22. The highest BCUT2D eigenvalue weighted by atomic mass is 19.1. The van der Waals surface area contributed by atoms with Crippen molar-refractivity contribution in [2.75, 3.05) is 25.4 Å². The Hall–Kier alpha value is -3.74. The molecule has 0 unspecified atom stereocenters. The van der Waals surface area contributed by atoms with Gasteiger partial charge in [0, 0.05) is 25.8 Å². The number of nitrogens with two attached hydrogens (primary N) is 1. The van der Waals surface area contributed by atoms with Crippen molar-refractivity contribution < 1.29 is 14.0 Å². The topological polar surface area (TPSA) is 88.3 Å². The molecule has 1 saturated heterocycles. The van der Waals surface area contributed by atoms with Crippen molar-refractivity contribution in [1.82, 2.24) is 15.2 Å². The van der Waals surface area contributed by atoms with Crippen LogP contribution in [-0.4, -0.2) is 41.3 Å². The molecule has 1 aliphatic heterocycles. The zero-order chi connectivity index (χ0) is 23.4. The average Bonchev–Trinajstić information content (AvgIpc) is 3.25. The number of carbonyl (C=O) groups excluding carboxylic acids is 2. The van der Waals surface area contributed by atoms with E-state index in [1.54, 1.807) is 29.2 Å². The largest absolute Gasteiger partial charge is 0.384 e. The first-order valence-corrected chi connectivity index (χ1v) is 11.0. The SMILES string of the molecule is CCNC(=O)[C@@]1(Cc2cccc(-c3ccc(F)cc3)c2)CCN(C(=O)c2ccc(N)nc2)C1. The Morgan fingerprint density at radius 3 is 2.61 bits per heavy atom. The molecule has 170 valence electrons. The van der Waals surface area contributed by atoms with Crippen LogP contribution < -0.4 is 11.1 Å². The lowest BCUT2D eigenvalue weighted by molar-refractivity contribution is -0.130. The first-order chi connectivity index (χ1) is 15.9. The fraction of sp³-hybridized carbons (Fsp3) is 0.269. The number of aromatic nitrogens is 1. The van der Waals surface area contributed by atoms with Gasteiger partial charge >= 0.3 is 0 Å². The van der Waals surface area contributed by atoms with E-state index in [0.717, 1.165) is 16.7 Å². The van der Waals surface area contributed by atoms with Crippen LogP contribution in [0.15, 0.2) is 66.9 Å². The zero-order valence-electron chi connectivity index (χ0n) is 18.6. The number of pyridine rings is 1. The molecule has 1 aromatic heterocycles. The molecule has 3 aromatic rings. The Bertz CT molecular complexity index is 1150. The van der Waals surface area contributed by atoms with Gasteiger partial charge in [0.25, 0.3) is 5.91 Å². The monoisotopic (exact) mass is 446 g/mol. The van der Waals surface area contributed by atoms with Crippen molar-refractivity contribution in [3.63, 3.8) is 0 Å². The van der Waals surface area contributed by atoms with Crippen LogP contribution in [-0.2, 0) is 11.2 Å². The van der Waals surface area contributed by atoms with Gasteiger partial charge in [-0.1, -0.05) is 36.4 Å². The molecule has 4 rings (SSSR count). The van der Waals surface area contributed by atoms with E-state index in [2.05, 4.69) is 10.3 Å². The van der Waals surface area contributed by atoms with Gasteiger partial charge in [0.15, 0.2) is 0 Å². The lowest BCUT2D eigenvalue weighted by Gasteiger charge is -2.28. The molecule has 0 spiro atoms. The molecular formula is C26H27FN4O2. The third-order valence-electron chi connectivity index (χ3n) is 6.14. The van der Waals surface area contributed by atoms with E-state index in [1.165, 1.54) is 18.3 Å². The smallest absolute Gasteiger partial charge is 0.255 e. The van der Waals surface area contributed by atoms with Crippen molar-refractivity contribution in [3.8, 4) is 11.1 Å². The van der Waals surface area contributed by atoms with E-state index < -0.39 is 5.41 Å². The van der Waals surface area contributed by atoms with E-state index in [0.29, 0.717) is 43.9 Å². The highest BCUT2D eigenvalue weighted by molar-refractivity contribution is 5.95. The number of benzene rings is 2. The lowest BCUT2D eigenvalue weighted by atomic mass is 9.79. The Morgan fingerprint density at radius 2 is 1.91 bits per heavy atom. The quantitative estimate of drug-likeness (QED) is 0.605. The number of nitrogens with one attached hydrogen (secondary N) is 1. The number of nitrogen functional groups attached to an aromatic ring is 1. The summed E-state index contributed by atoms with van der Waals surface area (Å²) >= 11 is 0. The number of halogens is 1. The Morgan fingerprint density at radius 1 is 1.12 bits per heavy atom. The number of nitrogens with zero attached hydrogens (tertiary/aromatic N) is 2. The summed E-state index contributed by atoms with van der Waals surface area (Å²) in [6.07, 6.45) is 2.53. The van der Waals surface area contributed by atoms with Crippen molar-refractivity contribution in [3.05, 3.63) is 83.8 Å². The second-order valence-electron chi connectivity index (χ2n) is 8.47. The van der Waals surface area contributed by atoms with Gasteiger partial charge in [0.1, 0.15) is 11.6 Å². The summed E-state index contributed by atoms with van der Waals surface area (Å²) in [6.45, 7) is 3.21. The standard InChI is InChI=1S/C26H27FN4O2/c1-2-29-25(33)26(12-13-31(17-26)24(32)21-8-11-23(28)30-16-21)15-18-4-3-5-20(14-18)19-6-9-22(27)10-7-19/h3-11,14,16H,2,12-13,15,17H2,1H3,(H2,28,30)(H,29,33)/t26-/m1/s1. The predicted octanol–water partition coefficient (Wildman–Crippen LogP) is 3.68. The van der Waals surface area contributed by atoms with Gasteiger partial charge in [-0.05, 0) is 60.7 Å². The molecule has 0 radical (unpaired) electrons. The minimum absolute atomic E-state index is 0.0529. The van der Waals surface area contributed by atoms with E-state index >= 15 is 0 Å². The predicted molar refractivity (Wildman–Crippen MR) is 126 cm³/mol. The summed E-state index contributed by atoms with van der Waals surface area (Å²) in [6, 6.07) is 17.5. The number of hydrogen-bond acceptors (Lipinski definition) is 4. The third kappa shape index (κ3) is 4.87. The fourth-order valence-corrected chi connectivity index (χ4v) is 4.41. The fourth-order valence-electron chi connectivity index (χ4n) is 4.41. The van der Waals surface area contributed by atoms with E-state index in [-0.39, 0.29) is 17.6 Å². The summed E-state index contributed by atoms with van der Waals surface area (Å²) in [5, 5.41) is 2.96. The van der Waals surface area contributed by atoms with Crippen LogP contribution in [0.2, 0.25) is 0 Å². The molecule has 1 aliphatic rings. The van der Waals surface area contributed by atoms with Crippen molar-refractivity contribution in [2.24, 2.45) is 5.41 Å². The second kappa shape index (κ2) is 9.40. The lowest BCUT2D eigenvalue weighted by Crippen LogP contribution is -2.45. The van der Waals surface area contributed by atoms with Crippen LogP contribution in [0, 0.1) is 11.2 Å². The molecule has 3 N–H and O–H groups in total. The van der Waals surface area contributed by atoms with Crippen LogP contribution in [0.4, 0.5) is 10.2 Å². The summed E-state index contributed by atoms with van der Waals surface area (Å²) in [7, 11) is 0.